The van der Waals surface area contributed by atoms with Crippen LogP contribution >= 0.6 is 0 Å². The van der Waals surface area contributed by atoms with E-state index < -0.39 is 0 Å². The summed E-state index contributed by atoms with van der Waals surface area (Å²) in [5, 5.41) is 3.23. The van der Waals surface area contributed by atoms with Gasteiger partial charge in [0.2, 0.25) is 0 Å². The largest absolute Gasteiger partial charge is 0.417 e. The number of carbonyl (C=O) groups is 1. The third-order valence-electron chi connectivity index (χ3n) is 5.21. The third kappa shape index (κ3) is 2.89. The van der Waals surface area contributed by atoms with Crippen molar-refractivity contribution in [1.82, 2.24) is 15.2 Å². The molecule has 5 rings (SSSR count). The fraction of sp³-hybridized carbons (Fsp3) is 0.444. The summed E-state index contributed by atoms with van der Waals surface area (Å²) < 4.78 is 10.5. The average Bonchev–Trinajstić information content (AvgIpc) is 3.12. The highest BCUT2D eigenvalue weighted by Gasteiger charge is 2.40. The number of oxazole rings is 1. The summed E-state index contributed by atoms with van der Waals surface area (Å²) in [7, 11) is 0. The minimum absolute atomic E-state index is 0.0247. The van der Waals surface area contributed by atoms with Crippen LogP contribution < -0.4 is 10.1 Å². The first-order valence-electron chi connectivity index (χ1n) is 8.43. The molecular weight excluding hydrogens is 306 g/mol. The van der Waals surface area contributed by atoms with Gasteiger partial charge in [-0.25, -0.2) is 0 Å². The molecule has 1 aromatic heterocycles. The Kier molecular flexibility index (Phi) is 3.98. The van der Waals surface area contributed by atoms with Gasteiger partial charge < -0.3 is 14.5 Å². The molecular formula is C18H21N3O3. The van der Waals surface area contributed by atoms with Gasteiger partial charge in [0.05, 0.1) is 6.20 Å². The van der Waals surface area contributed by atoms with Crippen LogP contribution in [0.3, 0.4) is 0 Å². The first-order chi connectivity index (χ1) is 11.7. The van der Waals surface area contributed by atoms with Crippen LogP contribution in [0.15, 0.2) is 41.1 Å². The maximum Gasteiger partial charge on any atom is 0.399 e. The smallest absolute Gasteiger partial charge is 0.399 e. The second-order valence-corrected chi connectivity index (χ2v) is 6.54. The lowest BCUT2D eigenvalue weighted by Crippen LogP contribution is -2.62. The minimum Gasteiger partial charge on any atom is -0.417 e. The molecule has 0 spiro atoms. The molecule has 6 nitrogen and oxygen atoms in total. The number of nitrogens with one attached hydrogen (secondary N) is 1. The lowest BCUT2D eigenvalue weighted by molar-refractivity contribution is 0.0217. The summed E-state index contributed by atoms with van der Waals surface area (Å²) in [6.45, 7) is 4.53. The predicted octanol–water partition coefficient (Wildman–Crippen LogP) is 2.68. The number of rotatable bonds is 4. The Bertz CT molecular complexity index is 689. The Labute approximate surface area is 140 Å². The molecule has 24 heavy (non-hydrogen) atoms. The van der Waals surface area contributed by atoms with Crippen molar-refractivity contribution in [3.05, 3.63) is 42.3 Å². The van der Waals surface area contributed by atoms with E-state index in [-0.39, 0.29) is 18.0 Å². The average molecular weight is 327 g/mol. The van der Waals surface area contributed by atoms with Crippen molar-refractivity contribution < 1.29 is 13.9 Å². The van der Waals surface area contributed by atoms with Crippen LogP contribution in [0.25, 0.3) is 0 Å². The number of hydrogen-bond acceptors (Lipinski definition) is 5. The summed E-state index contributed by atoms with van der Waals surface area (Å²) in [6, 6.07) is 7.68. The van der Waals surface area contributed by atoms with E-state index in [1.807, 2.05) is 0 Å². The van der Waals surface area contributed by atoms with E-state index in [0.717, 1.165) is 13.1 Å². The van der Waals surface area contributed by atoms with E-state index in [1.54, 1.807) is 24.3 Å². The quantitative estimate of drug-likeness (QED) is 0.935. The summed E-state index contributed by atoms with van der Waals surface area (Å²) in [5.74, 6) is 1.16. The topological polar surface area (TPSA) is 67.6 Å². The Balaban J connectivity index is 1.41. The molecule has 3 aliphatic rings. The maximum atomic E-state index is 12.6. The van der Waals surface area contributed by atoms with Gasteiger partial charge in [0.25, 0.3) is 5.91 Å². The van der Waals surface area contributed by atoms with Gasteiger partial charge in [-0.1, -0.05) is 0 Å². The number of benzene rings is 1. The lowest BCUT2D eigenvalue weighted by Gasteiger charge is -2.49. The van der Waals surface area contributed by atoms with Crippen molar-refractivity contribution in [2.24, 2.45) is 5.92 Å². The highest BCUT2D eigenvalue weighted by Crippen LogP contribution is 2.32. The summed E-state index contributed by atoms with van der Waals surface area (Å²) in [5.41, 5.74) is 0.637. The minimum atomic E-state index is -0.0247. The van der Waals surface area contributed by atoms with Crippen LogP contribution in [0.2, 0.25) is 0 Å². The highest BCUT2D eigenvalue weighted by atomic mass is 16.6. The van der Waals surface area contributed by atoms with Crippen LogP contribution in [0.4, 0.5) is 0 Å². The third-order valence-corrected chi connectivity index (χ3v) is 5.21. The number of amides is 1. The highest BCUT2D eigenvalue weighted by molar-refractivity contribution is 5.94. The number of ether oxygens (including phenoxy) is 1. The molecule has 2 unspecified atom stereocenters. The Morgan fingerprint density at radius 3 is 2.67 bits per heavy atom. The number of piperidine rings is 3. The standard InChI is InChI=1S/C18H21N3O3/c1-12-16(13-6-9-21(12)10-7-13)20-17(22)14-2-4-15(5-3-14)24-18-19-8-11-23-18/h2-5,8,11-13,16H,6-7,9-10H2,1H3,(H,20,22). The van der Waals surface area contributed by atoms with Crippen LogP contribution in [0.1, 0.15) is 30.1 Å². The van der Waals surface area contributed by atoms with Gasteiger partial charge in [-0.3, -0.25) is 9.69 Å². The number of carbonyl (C=O) groups excluding carboxylic acids is 1. The van der Waals surface area contributed by atoms with Crippen LogP contribution in [0, 0.1) is 5.92 Å². The van der Waals surface area contributed by atoms with Crippen molar-refractivity contribution in [3.8, 4) is 11.8 Å². The molecule has 2 bridgehead atoms. The first-order valence-corrected chi connectivity index (χ1v) is 8.43. The zero-order valence-electron chi connectivity index (χ0n) is 13.6. The van der Waals surface area contributed by atoms with Gasteiger partial charge in [-0.15, -0.1) is 0 Å². The number of hydrogen-bond donors (Lipinski definition) is 1. The number of nitrogens with zero attached hydrogens (tertiary/aromatic N) is 2. The maximum absolute atomic E-state index is 12.6. The van der Waals surface area contributed by atoms with E-state index >= 15 is 0 Å². The Hall–Kier alpha value is -2.34. The molecule has 2 atom stereocenters. The van der Waals surface area contributed by atoms with Crippen molar-refractivity contribution in [3.63, 3.8) is 0 Å². The number of fused-ring (bicyclic) bond motifs is 3. The van der Waals surface area contributed by atoms with Crippen molar-refractivity contribution in [2.75, 3.05) is 13.1 Å². The van der Waals surface area contributed by atoms with E-state index in [9.17, 15) is 4.79 Å². The Morgan fingerprint density at radius 2 is 2.04 bits per heavy atom. The number of aromatic nitrogens is 1. The monoisotopic (exact) mass is 327 g/mol. The summed E-state index contributed by atoms with van der Waals surface area (Å²) in [6.07, 6.45) is 5.52. The molecule has 1 N–H and O–H groups in total. The van der Waals surface area contributed by atoms with Gasteiger partial charge in [0.1, 0.15) is 12.0 Å². The molecule has 2 aromatic rings. The second kappa shape index (κ2) is 6.28. The van der Waals surface area contributed by atoms with Gasteiger partial charge in [0.15, 0.2) is 0 Å². The molecule has 1 amide bonds. The first kappa shape index (κ1) is 15.2. The predicted molar refractivity (Wildman–Crippen MR) is 88.0 cm³/mol. The van der Waals surface area contributed by atoms with Crippen LogP contribution in [-0.2, 0) is 0 Å². The normalized spacial score (nSPS) is 28.5. The van der Waals surface area contributed by atoms with Gasteiger partial charge >= 0.3 is 6.08 Å². The van der Waals surface area contributed by atoms with E-state index in [4.69, 9.17) is 9.15 Å². The molecule has 126 valence electrons. The lowest BCUT2D eigenvalue weighted by atomic mass is 9.79. The van der Waals surface area contributed by atoms with Gasteiger partial charge in [-0.05, 0) is 63.0 Å². The summed E-state index contributed by atoms with van der Waals surface area (Å²) in [4.78, 5) is 18.9. The molecule has 0 aliphatic carbocycles. The van der Waals surface area contributed by atoms with Gasteiger partial charge in [0, 0.05) is 17.6 Å². The van der Waals surface area contributed by atoms with Crippen LogP contribution in [0.5, 0.6) is 11.8 Å². The van der Waals surface area contributed by atoms with E-state index in [1.165, 1.54) is 25.3 Å². The SMILES string of the molecule is CC1C(NC(=O)c2ccc(Oc3ncco3)cc2)C2CCN1CC2. The van der Waals surface area contributed by atoms with Crippen LogP contribution in [-0.4, -0.2) is 41.0 Å². The summed E-state index contributed by atoms with van der Waals surface area (Å²) >= 11 is 0. The zero-order valence-corrected chi connectivity index (χ0v) is 13.6. The molecule has 3 aliphatic heterocycles. The van der Waals surface area contributed by atoms with Crippen molar-refractivity contribution >= 4 is 5.91 Å². The molecule has 3 saturated heterocycles. The Morgan fingerprint density at radius 1 is 1.29 bits per heavy atom. The molecule has 4 heterocycles. The van der Waals surface area contributed by atoms with Gasteiger partial charge in [-0.2, -0.15) is 4.98 Å². The molecule has 1 aromatic carbocycles. The zero-order chi connectivity index (χ0) is 16.5. The molecule has 3 fully saturated rings. The fourth-order valence-corrected chi connectivity index (χ4v) is 3.82. The molecule has 0 radical (unpaired) electrons. The van der Waals surface area contributed by atoms with E-state index in [0.29, 0.717) is 23.3 Å². The second-order valence-electron chi connectivity index (χ2n) is 6.54. The van der Waals surface area contributed by atoms with E-state index in [2.05, 4.69) is 22.1 Å². The fourth-order valence-electron chi connectivity index (χ4n) is 3.82. The molecule has 6 heteroatoms. The molecule has 0 saturated carbocycles. The van der Waals surface area contributed by atoms with Crippen molar-refractivity contribution in [1.29, 1.82) is 0 Å². The van der Waals surface area contributed by atoms with Crippen molar-refractivity contribution in [2.45, 2.75) is 31.8 Å².